The van der Waals surface area contributed by atoms with Crippen molar-refractivity contribution in [2.75, 3.05) is 0 Å². The Kier molecular flexibility index (Phi) is 5.70. The zero-order valence-corrected chi connectivity index (χ0v) is 17.9. The van der Waals surface area contributed by atoms with Gasteiger partial charge in [0.2, 0.25) is 11.5 Å². The highest BCUT2D eigenvalue weighted by Gasteiger charge is 2.26. The first-order valence-corrected chi connectivity index (χ1v) is 9.92. The Bertz CT molecular complexity index is 1450. The molecule has 0 saturated carbocycles. The molecule has 0 fully saturated rings. The Labute approximate surface area is 201 Å². The summed E-state index contributed by atoms with van der Waals surface area (Å²) in [4.78, 5) is 0. The van der Waals surface area contributed by atoms with Crippen LogP contribution in [-0.4, -0.2) is 51.1 Å². The highest BCUT2D eigenvalue weighted by atomic mass is 16.5. The molecule has 10 N–H and O–H groups in total. The molecule has 0 aromatic heterocycles. The lowest BCUT2D eigenvalue weighted by Gasteiger charge is -2.17. The maximum atomic E-state index is 10.7. The van der Waals surface area contributed by atoms with Gasteiger partial charge in [-0.3, -0.25) is 0 Å². The molecular weight excluding hydrogens is 480 g/mol. The van der Waals surface area contributed by atoms with Gasteiger partial charge in [-0.25, -0.2) is 0 Å². The van der Waals surface area contributed by atoms with Gasteiger partial charge in [0, 0.05) is 48.5 Å². The van der Waals surface area contributed by atoms with E-state index in [1.165, 1.54) is 0 Å². The SMILES string of the molecule is Oc1cc(Oc2c(O)cc(O)cc2O)cc(Oc2c(O)cc(O)c(-c3c(O)cc(O)cc3O)c2O)c1. The van der Waals surface area contributed by atoms with E-state index in [2.05, 4.69) is 0 Å². The zero-order valence-electron chi connectivity index (χ0n) is 17.9. The van der Waals surface area contributed by atoms with Crippen molar-refractivity contribution < 1.29 is 60.5 Å². The lowest BCUT2D eigenvalue weighted by atomic mass is 10.00. The number of hydrogen-bond donors (Lipinski definition) is 10. The second-order valence-electron chi connectivity index (χ2n) is 7.51. The molecule has 0 bridgehead atoms. The summed E-state index contributed by atoms with van der Waals surface area (Å²) in [6.07, 6.45) is 0. The Hall–Kier alpha value is -5.52. The smallest absolute Gasteiger partial charge is 0.211 e. The molecule has 0 unspecified atom stereocenters. The summed E-state index contributed by atoms with van der Waals surface area (Å²) >= 11 is 0. The van der Waals surface area contributed by atoms with Crippen LogP contribution in [0.4, 0.5) is 0 Å². The number of phenolic OH excluding ortho intramolecular Hbond substituents is 10. The van der Waals surface area contributed by atoms with Gasteiger partial charge in [0.15, 0.2) is 23.0 Å². The summed E-state index contributed by atoms with van der Waals surface area (Å²) in [6, 6.07) is 7.49. The van der Waals surface area contributed by atoms with Gasteiger partial charge in [-0.1, -0.05) is 0 Å². The van der Waals surface area contributed by atoms with Gasteiger partial charge < -0.3 is 60.5 Å². The van der Waals surface area contributed by atoms with Crippen LogP contribution in [0.2, 0.25) is 0 Å². The molecule has 0 aliphatic heterocycles. The maximum Gasteiger partial charge on any atom is 0.211 e. The molecule has 0 atom stereocenters. The summed E-state index contributed by atoms with van der Waals surface area (Å²) in [5, 5.41) is 100. The Balaban J connectivity index is 1.76. The second-order valence-corrected chi connectivity index (χ2v) is 7.51. The van der Waals surface area contributed by atoms with Crippen molar-refractivity contribution in [1.29, 1.82) is 0 Å². The van der Waals surface area contributed by atoms with Gasteiger partial charge in [-0.15, -0.1) is 0 Å². The molecule has 186 valence electrons. The van der Waals surface area contributed by atoms with E-state index in [-0.39, 0.29) is 11.5 Å². The van der Waals surface area contributed by atoms with E-state index in [4.69, 9.17) is 9.47 Å². The minimum Gasteiger partial charge on any atom is -0.508 e. The van der Waals surface area contributed by atoms with E-state index in [1.807, 2.05) is 0 Å². The number of hydrogen-bond acceptors (Lipinski definition) is 12. The van der Waals surface area contributed by atoms with Crippen LogP contribution >= 0.6 is 0 Å². The van der Waals surface area contributed by atoms with Crippen molar-refractivity contribution in [2.45, 2.75) is 0 Å². The third kappa shape index (κ3) is 4.33. The molecule has 0 aliphatic rings. The predicted molar refractivity (Wildman–Crippen MR) is 122 cm³/mol. The Morgan fingerprint density at radius 1 is 0.361 bits per heavy atom. The van der Waals surface area contributed by atoms with Crippen LogP contribution in [0.15, 0.2) is 48.5 Å². The van der Waals surface area contributed by atoms with Gasteiger partial charge in [0.1, 0.15) is 46.0 Å². The van der Waals surface area contributed by atoms with Crippen molar-refractivity contribution in [3.05, 3.63) is 48.5 Å². The standard InChI is InChI=1S/C24H18O12/c25-9-1-12(35-23-17(31)5-11(27)6-18(23)32)7-13(2-9)36-24-19(33)8-16(30)21(22(24)34)20-14(28)3-10(26)4-15(20)29/h1-8,25-34H. The molecule has 0 heterocycles. The van der Waals surface area contributed by atoms with Gasteiger partial charge in [0.05, 0.1) is 11.1 Å². The first-order chi connectivity index (χ1) is 16.9. The molecule has 0 aliphatic carbocycles. The van der Waals surface area contributed by atoms with Crippen molar-refractivity contribution in [1.82, 2.24) is 0 Å². The minimum absolute atomic E-state index is 0.187. The Morgan fingerprint density at radius 3 is 1.28 bits per heavy atom. The summed E-state index contributed by atoms with van der Waals surface area (Å²) in [5.74, 6) is -8.05. The van der Waals surface area contributed by atoms with Crippen molar-refractivity contribution in [3.8, 4) is 91.6 Å². The fourth-order valence-electron chi connectivity index (χ4n) is 3.42. The fourth-order valence-corrected chi connectivity index (χ4v) is 3.42. The van der Waals surface area contributed by atoms with Crippen LogP contribution in [0.1, 0.15) is 0 Å². The first kappa shape index (κ1) is 23.6. The normalized spacial score (nSPS) is 10.8. The number of rotatable bonds is 5. The van der Waals surface area contributed by atoms with E-state index in [9.17, 15) is 51.1 Å². The third-order valence-corrected chi connectivity index (χ3v) is 4.88. The van der Waals surface area contributed by atoms with Gasteiger partial charge >= 0.3 is 0 Å². The molecule has 12 heteroatoms. The van der Waals surface area contributed by atoms with Crippen molar-refractivity contribution in [2.24, 2.45) is 0 Å². The predicted octanol–water partition coefficient (Wildman–Crippen LogP) is 3.99. The van der Waals surface area contributed by atoms with Gasteiger partial charge in [-0.2, -0.15) is 0 Å². The topological polar surface area (TPSA) is 221 Å². The molecule has 4 aromatic rings. The molecular formula is C24H18O12. The average molecular weight is 498 g/mol. The minimum atomic E-state index is -0.927. The summed E-state index contributed by atoms with van der Waals surface area (Å²) in [6.45, 7) is 0. The number of ether oxygens (including phenoxy) is 2. The number of phenols is 10. The van der Waals surface area contributed by atoms with Crippen molar-refractivity contribution in [3.63, 3.8) is 0 Å². The fraction of sp³-hybridized carbons (Fsp3) is 0. The molecule has 36 heavy (non-hydrogen) atoms. The molecule has 4 aromatic carbocycles. The second kappa shape index (κ2) is 8.68. The largest absolute Gasteiger partial charge is 0.508 e. The summed E-state index contributed by atoms with van der Waals surface area (Å²) in [7, 11) is 0. The van der Waals surface area contributed by atoms with Crippen LogP contribution in [0.25, 0.3) is 11.1 Å². The van der Waals surface area contributed by atoms with Crippen LogP contribution in [0.3, 0.4) is 0 Å². The van der Waals surface area contributed by atoms with Crippen LogP contribution in [0, 0.1) is 0 Å². The lowest BCUT2D eigenvalue weighted by Crippen LogP contribution is -1.92. The molecule has 4 rings (SSSR count). The van der Waals surface area contributed by atoms with E-state index in [0.29, 0.717) is 0 Å². The highest BCUT2D eigenvalue weighted by Crippen LogP contribution is 2.55. The number of aromatic hydroxyl groups is 10. The van der Waals surface area contributed by atoms with Crippen LogP contribution < -0.4 is 9.47 Å². The van der Waals surface area contributed by atoms with E-state index in [1.54, 1.807) is 0 Å². The van der Waals surface area contributed by atoms with E-state index >= 15 is 0 Å². The first-order valence-electron chi connectivity index (χ1n) is 9.92. The van der Waals surface area contributed by atoms with Crippen LogP contribution in [0.5, 0.6) is 80.5 Å². The van der Waals surface area contributed by atoms with E-state index in [0.717, 1.165) is 48.5 Å². The Morgan fingerprint density at radius 2 is 0.750 bits per heavy atom. The molecule has 0 amide bonds. The average Bonchev–Trinajstić information content (AvgIpc) is 2.75. The molecule has 0 spiro atoms. The molecule has 0 saturated heterocycles. The quantitative estimate of drug-likeness (QED) is 0.189. The number of benzene rings is 4. The summed E-state index contributed by atoms with van der Waals surface area (Å²) in [5.41, 5.74) is -1.03. The highest BCUT2D eigenvalue weighted by molar-refractivity contribution is 5.88. The lowest BCUT2D eigenvalue weighted by molar-refractivity contribution is 0.358. The maximum absolute atomic E-state index is 10.7. The van der Waals surface area contributed by atoms with Crippen LogP contribution in [-0.2, 0) is 0 Å². The van der Waals surface area contributed by atoms with Gasteiger partial charge in [-0.05, 0) is 0 Å². The van der Waals surface area contributed by atoms with Crippen molar-refractivity contribution >= 4 is 0 Å². The molecule has 0 radical (unpaired) electrons. The molecule has 12 nitrogen and oxygen atoms in total. The zero-order chi connectivity index (χ0) is 26.3. The van der Waals surface area contributed by atoms with E-state index < -0.39 is 80.1 Å². The third-order valence-electron chi connectivity index (χ3n) is 4.88. The van der Waals surface area contributed by atoms with Gasteiger partial charge in [0.25, 0.3) is 0 Å². The summed E-state index contributed by atoms with van der Waals surface area (Å²) < 4.78 is 10.8. The monoisotopic (exact) mass is 498 g/mol.